The smallest absolute Gasteiger partial charge is 0.251 e. The van der Waals surface area contributed by atoms with Crippen LogP contribution >= 0.6 is 0 Å². The number of carbonyl (C=O) groups excluding carboxylic acids is 1. The van der Waals surface area contributed by atoms with Crippen molar-refractivity contribution in [3.8, 4) is 0 Å². The van der Waals surface area contributed by atoms with Gasteiger partial charge in [0, 0.05) is 35.9 Å². The van der Waals surface area contributed by atoms with Crippen molar-refractivity contribution < 1.29 is 35.2 Å². The predicted molar refractivity (Wildman–Crippen MR) is 119 cm³/mol. The number of carbonyl (C=O) groups is 1. The molecular weight excluding hydrogens is 491 g/mol. The molecule has 1 aliphatic rings. The summed E-state index contributed by atoms with van der Waals surface area (Å²) in [6, 6.07) is 7.94. The van der Waals surface area contributed by atoms with Crippen molar-refractivity contribution in [2.75, 3.05) is 4.31 Å². The summed E-state index contributed by atoms with van der Waals surface area (Å²) in [5.41, 5.74) is 0.273. The molecule has 1 aliphatic heterocycles. The molecule has 0 aromatic heterocycles. The van der Waals surface area contributed by atoms with E-state index < -0.39 is 62.4 Å². The number of sulfonamides is 1. The van der Waals surface area contributed by atoms with Gasteiger partial charge in [-0.2, -0.15) is 0 Å². The molecule has 11 heteroatoms. The molecule has 0 fully saturated rings. The van der Waals surface area contributed by atoms with Crippen molar-refractivity contribution in [2.24, 2.45) is 0 Å². The maximum Gasteiger partial charge on any atom is 0.251 e. The standard InChI is InChI=1S/C24H19F5N2O3S/c1-13-4-15-2-3-16(24(32)30-11-20-21(28)9-19(27)10-22(20)29)7-23(15)31(35(13,33)34)12-14-5-17(25)8-18(26)6-14/h2-3,5-10,13H,4,11-12H2,1H3,(H,30,32). The summed E-state index contributed by atoms with van der Waals surface area (Å²) in [7, 11) is -3.93. The van der Waals surface area contributed by atoms with E-state index in [-0.39, 0.29) is 29.8 Å². The minimum Gasteiger partial charge on any atom is -0.348 e. The molecule has 3 aromatic rings. The maximum atomic E-state index is 13.9. The van der Waals surface area contributed by atoms with E-state index in [0.29, 0.717) is 23.8 Å². The van der Waals surface area contributed by atoms with Crippen molar-refractivity contribution >= 4 is 21.6 Å². The van der Waals surface area contributed by atoms with Gasteiger partial charge in [0.15, 0.2) is 0 Å². The van der Waals surface area contributed by atoms with Gasteiger partial charge in [-0.15, -0.1) is 0 Å². The van der Waals surface area contributed by atoms with Crippen LogP contribution in [0.3, 0.4) is 0 Å². The Kier molecular flexibility index (Phi) is 6.54. The average molecular weight is 510 g/mol. The van der Waals surface area contributed by atoms with Crippen LogP contribution in [0.2, 0.25) is 0 Å². The van der Waals surface area contributed by atoms with E-state index in [9.17, 15) is 35.2 Å². The van der Waals surface area contributed by atoms with Gasteiger partial charge in [0.25, 0.3) is 5.91 Å². The van der Waals surface area contributed by atoms with Crippen LogP contribution < -0.4 is 9.62 Å². The molecule has 4 rings (SSSR count). The number of benzene rings is 3. The largest absolute Gasteiger partial charge is 0.348 e. The van der Waals surface area contributed by atoms with E-state index in [1.807, 2.05) is 0 Å². The number of nitrogens with one attached hydrogen (secondary N) is 1. The highest BCUT2D eigenvalue weighted by molar-refractivity contribution is 7.93. The summed E-state index contributed by atoms with van der Waals surface area (Å²) in [4.78, 5) is 12.7. The second-order valence-electron chi connectivity index (χ2n) is 8.22. The van der Waals surface area contributed by atoms with Crippen LogP contribution in [-0.4, -0.2) is 19.6 Å². The second kappa shape index (κ2) is 9.29. The molecule has 0 radical (unpaired) electrons. The fourth-order valence-electron chi connectivity index (χ4n) is 3.93. The Morgan fingerprint density at radius 2 is 1.54 bits per heavy atom. The summed E-state index contributed by atoms with van der Waals surface area (Å²) >= 11 is 0. The lowest BCUT2D eigenvalue weighted by Gasteiger charge is -2.34. The number of amides is 1. The van der Waals surface area contributed by atoms with Gasteiger partial charge >= 0.3 is 0 Å². The summed E-state index contributed by atoms with van der Waals surface area (Å²) in [6.07, 6.45) is 0.152. The highest BCUT2D eigenvalue weighted by Gasteiger charge is 2.36. The fourth-order valence-corrected chi connectivity index (χ4v) is 5.53. The Labute approximate surface area is 198 Å². The van der Waals surface area contributed by atoms with Gasteiger partial charge in [-0.3, -0.25) is 9.10 Å². The Bertz CT molecular complexity index is 1390. The molecule has 0 bridgehead atoms. The van der Waals surface area contributed by atoms with E-state index in [2.05, 4.69) is 5.32 Å². The van der Waals surface area contributed by atoms with Crippen molar-refractivity contribution in [1.82, 2.24) is 5.32 Å². The lowest BCUT2D eigenvalue weighted by molar-refractivity contribution is 0.0950. The Hall–Kier alpha value is -3.47. The zero-order chi connectivity index (χ0) is 25.5. The molecule has 3 aromatic carbocycles. The minimum absolute atomic E-state index is 0.00754. The lowest BCUT2D eigenvalue weighted by atomic mass is 10.0. The molecular formula is C24H19F5N2O3S. The number of anilines is 1. The molecule has 1 N–H and O–H groups in total. The van der Waals surface area contributed by atoms with Gasteiger partial charge in [0.05, 0.1) is 17.5 Å². The normalized spacial score (nSPS) is 16.6. The zero-order valence-electron chi connectivity index (χ0n) is 18.3. The van der Waals surface area contributed by atoms with Crippen LogP contribution in [0.1, 0.15) is 34.0 Å². The Balaban J connectivity index is 1.64. The number of hydrogen-bond donors (Lipinski definition) is 1. The van der Waals surface area contributed by atoms with Crippen molar-refractivity contribution in [1.29, 1.82) is 0 Å². The molecule has 5 nitrogen and oxygen atoms in total. The second-order valence-corrected chi connectivity index (χ2v) is 10.5. The number of nitrogens with zero attached hydrogens (tertiary/aromatic N) is 1. The van der Waals surface area contributed by atoms with Crippen LogP contribution in [0.4, 0.5) is 27.6 Å². The zero-order valence-corrected chi connectivity index (χ0v) is 19.1. The quantitative estimate of drug-likeness (QED) is 0.511. The van der Waals surface area contributed by atoms with Gasteiger partial charge in [-0.1, -0.05) is 6.07 Å². The first-order valence-electron chi connectivity index (χ1n) is 10.5. The molecule has 184 valence electrons. The van der Waals surface area contributed by atoms with Crippen LogP contribution in [0.25, 0.3) is 0 Å². The topological polar surface area (TPSA) is 66.5 Å². The van der Waals surface area contributed by atoms with E-state index in [4.69, 9.17) is 0 Å². The van der Waals surface area contributed by atoms with Crippen LogP contribution in [-0.2, 0) is 29.5 Å². The molecule has 1 atom stereocenters. The SMILES string of the molecule is CC1Cc2ccc(C(=O)NCc3c(F)cc(F)cc3F)cc2N(Cc2cc(F)cc(F)c2)S1(=O)=O. The predicted octanol–water partition coefficient (Wildman–Crippen LogP) is 4.59. The van der Waals surface area contributed by atoms with Gasteiger partial charge in [0.1, 0.15) is 29.1 Å². The van der Waals surface area contributed by atoms with Gasteiger partial charge in [0.2, 0.25) is 10.0 Å². The first-order chi connectivity index (χ1) is 16.5. The van der Waals surface area contributed by atoms with E-state index in [0.717, 1.165) is 16.4 Å². The summed E-state index contributed by atoms with van der Waals surface area (Å²) < 4.78 is 95.3. The lowest BCUT2D eigenvalue weighted by Crippen LogP contribution is -2.42. The number of hydrogen-bond acceptors (Lipinski definition) is 3. The molecule has 1 amide bonds. The van der Waals surface area contributed by atoms with Crippen LogP contribution in [0, 0.1) is 29.1 Å². The van der Waals surface area contributed by atoms with Gasteiger partial charge in [-0.25, -0.2) is 30.4 Å². The van der Waals surface area contributed by atoms with Gasteiger partial charge in [-0.05, 0) is 48.7 Å². The minimum atomic E-state index is -3.93. The van der Waals surface area contributed by atoms with Crippen LogP contribution in [0.15, 0.2) is 48.5 Å². The summed E-state index contributed by atoms with van der Waals surface area (Å²) in [5.74, 6) is -5.92. The Morgan fingerprint density at radius 1 is 0.943 bits per heavy atom. The monoisotopic (exact) mass is 510 g/mol. The first-order valence-corrected chi connectivity index (χ1v) is 12.0. The van der Waals surface area contributed by atoms with Crippen molar-refractivity contribution in [3.63, 3.8) is 0 Å². The third-order valence-corrected chi connectivity index (χ3v) is 7.84. The molecule has 1 heterocycles. The molecule has 1 unspecified atom stereocenters. The molecule has 0 saturated carbocycles. The fraction of sp³-hybridized carbons (Fsp3) is 0.208. The molecule has 0 aliphatic carbocycles. The van der Waals surface area contributed by atoms with E-state index in [1.54, 1.807) is 6.07 Å². The molecule has 35 heavy (non-hydrogen) atoms. The van der Waals surface area contributed by atoms with Crippen molar-refractivity contribution in [2.45, 2.75) is 31.7 Å². The van der Waals surface area contributed by atoms with Crippen LogP contribution in [0.5, 0.6) is 0 Å². The molecule has 0 spiro atoms. The average Bonchev–Trinajstić information content (AvgIpc) is 2.75. The summed E-state index contributed by atoms with van der Waals surface area (Å²) in [5, 5.41) is 1.50. The third-order valence-electron chi connectivity index (χ3n) is 5.72. The number of halogens is 5. The Morgan fingerprint density at radius 3 is 2.17 bits per heavy atom. The van der Waals surface area contributed by atoms with Gasteiger partial charge < -0.3 is 5.32 Å². The first kappa shape index (κ1) is 24.6. The van der Waals surface area contributed by atoms with Crippen molar-refractivity contribution in [3.05, 3.63) is 99.9 Å². The highest BCUT2D eigenvalue weighted by Crippen LogP contribution is 2.35. The summed E-state index contributed by atoms with van der Waals surface area (Å²) in [6.45, 7) is 0.560. The number of rotatable bonds is 5. The maximum absolute atomic E-state index is 13.9. The highest BCUT2D eigenvalue weighted by atomic mass is 32.2. The molecule has 0 saturated heterocycles. The van der Waals surface area contributed by atoms with E-state index in [1.165, 1.54) is 19.1 Å². The van der Waals surface area contributed by atoms with E-state index >= 15 is 0 Å². The third kappa shape index (κ3) is 5.00. The number of fused-ring (bicyclic) bond motifs is 1.